The summed E-state index contributed by atoms with van der Waals surface area (Å²) in [6, 6.07) is 21.8. The molecule has 1 fully saturated rings. The molecule has 0 bridgehead atoms. The number of amides is 2. The molecule has 5 rings (SSSR count). The van der Waals surface area contributed by atoms with E-state index in [1.54, 1.807) is 0 Å². The zero-order chi connectivity index (χ0) is 25.6. The Hall–Kier alpha value is -3.80. The van der Waals surface area contributed by atoms with Gasteiger partial charge in [0.05, 0.1) is 13.0 Å². The van der Waals surface area contributed by atoms with Crippen LogP contribution in [0.3, 0.4) is 0 Å². The second-order valence-corrected chi connectivity index (χ2v) is 10.1. The van der Waals surface area contributed by atoms with Crippen molar-refractivity contribution in [3.05, 3.63) is 89.0 Å². The minimum absolute atomic E-state index is 0.0553. The lowest BCUT2D eigenvalue weighted by molar-refractivity contribution is -0.123. The number of rotatable bonds is 8. The lowest BCUT2D eigenvalue weighted by Gasteiger charge is -2.30. The third-order valence-corrected chi connectivity index (χ3v) is 7.18. The first kappa shape index (κ1) is 24.9. The number of aryl methyl sites for hydroxylation is 1. The number of nitrogens with zero attached hydrogens (tertiary/aromatic N) is 1. The first-order valence-corrected chi connectivity index (χ1v) is 13.2. The van der Waals surface area contributed by atoms with E-state index in [2.05, 4.69) is 30.4 Å². The van der Waals surface area contributed by atoms with Crippen molar-refractivity contribution in [1.82, 2.24) is 5.32 Å². The molecule has 1 aliphatic heterocycles. The fraction of sp³-hybridized carbons (Fsp3) is 0.355. The fourth-order valence-corrected chi connectivity index (χ4v) is 5.15. The van der Waals surface area contributed by atoms with Crippen LogP contribution in [-0.2, 0) is 29.1 Å². The van der Waals surface area contributed by atoms with Gasteiger partial charge < -0.3 is 19.7 Å². The van der Waals surface area contributed by atoms with Gasteiger partial charge >= 0.3 is 0 Å². The summed E-state index contributed by atoms with van der Waals surface area (Å²) in [5.74, 6) is 1.67. The van der Waals surface area contributed by atoms with Crippen molar-refractivity contribution in [2.45, 2.75) is 58.5 Å². The number of hydrogen-bond donors (Lipinski definition) is 1. The maximum Gasteiger partial charge on any atom is 0.231 e. The Bertz CT molecular complexity index is 1250. The van der Waals surface area contributed by atoms with Crippen molar-refractivity contribution < 1.29 is 19.1 Å². The molecule has 1 saturated carbocycles. The summed E-state index contributed by atoms with van der Waals surface area (Å²) in [5.41, 5.74) is 5.05. The van der Waals surface area contributed by atoms with Crippen LogP contribution >= 0.6 is 0 Å². The molecular weight excluding hydrogens is 464 g/mol. The minimum Gasteiger partial charge on any atom is -0.454 e. The van der Waals surface area contributed by atoms with E-state index in [-0.39, 0.29) is 30.9 Å². The van der Waals surface area contributed by atoms with Crippen molar-refractivity contribution in [2.75, 3.05) is 11.7 Å². The van der Waals surface area contributed by atoms with Crippen LogP contribution < -0.4 is 19.7 Å². The molecule has 1 N–H and O–H groups in total. The summed E-state index contributed by atoms with van der Waals surface area (Å²) in [4.78, 5) is 28.1. The molecule has 0 radical (unpaired) electrons. The Morgan fingerprint density at radius 3 is 2.41 bits per heavy atom. The van der Waals surface area contributed by atoms with E-state index < -0.39 is 0 Å². The molecule has 2 amide bonds. The molecule has 0 atom stereocenters. The molecule has 37 heavy (non-hydrogen) atoms. The van der Waals surface area contributed by atoms with Gasteiger partial charge in [-0.2, -0.15) is 0 Å². The Morgan fingerprint density at radius 1 is 0.865 bits per heavy atom. The summed E-state index contributed by atoms with van der Waals surface area (Å²) < 4.78 is 10.7. The zero-order valence-electron chi connectivity index (χ0n) is 21.4. The van der Waals surface area contributed by atoms with E-state index in [9.17, 15) is 9.59 Å². The summed E-state index contributed by atoms with van der Waals surface area (Å²) in [5, 5.41) is 2.98. The molecule has 0 spiro atoms. The van der Waals surface area contributed by atoms with Crippen molar-refractivity contribution in [3.8, 4) is 11.5 Å². The van der Waals surface area contributed by atoms with E-state index in [0.717, 1.165) is 53.8 Å². The normalized spacial score (nSPS) is 14.8. The molecule has 2 aliphatic rings. The lowest BCUT2D eigenvalue weighted by atomic mass is 9.88. The largest absolute Gasteiger partial charge is 0.454 e. The summed E-state index contributed by atoms with van der Waals surface area (Å²) in [6.45, 7) is 3.28. The van der Waals surface area contributed by atoms with Crippen LogP contribution in [0.5, 0.6) is 11.5 Å². The van der Waals surface area contributed by atoms with Gasteiger partial charge in [-0.15, -0.1) is 0 Å². The topological polar surface area (TPSA) is 67.9 Å². The van der Waals surface area contributed by atoms with Crippen LogP contribution in [0.15, 0.2) is 66.7 Å². The van der Waals surface area contributed by atoms with Crippen LogP contribution in [0.2, 0.25) is 0 Å². The Balaban J connectivity index is 1.24. The van der Waals surface area contributed by atoms with Crippen LogP contribution in [0.1, 0.15) is 54.4 Å². The number of nitrogens with one attached hydrogen (secondary N) is 1. The predicted octanol–water partition coefficient (Wildman–Crippen LogP) is 5.70. The lowest BCUT2D eigenvalue weighted by Crippen LogP contribution is -2.36. The number of anilines is 1. The average molecular weight is 499 g/mol. The van der Waals surface area contributed by atoms with Gasteiger partial charge in [-0.1, -0.05) is 67.3 Å². The van der Waals surface area contributed by atoms with E-state index in [4.69, 9.17) is 9.47 Å². The van der Waals surface area contributed by atoms with E-state index >= 15 is 0 Å². The number of fused-ring (bicyclic) bond motifs is 1. The Kier molecular flexibility index (Phi) is 7.73. The van der Waals surface area contributed by atoms with Crippen molar-refractivity contribution in [2.24, 2.45) is 5.92 Å². The molecule has 192 valence electrons. The number of benzene rings is 3. The van der Waals surface area contributed by atoms with E-state index in [1.807, 2.05) is 53.4 Å². The van der Waals surface area contributed by atoms with Gasteiger partial charge in [-0.3, -0.25) is 9.59 Å². The van der Waals surface area contributed by atoms with Gasteiger partial charge in [0.2, 0.25) is 18.6 Å². The molecule has 3 aromatic rings. The molecule has 1 heterocycles. The van der Waals surface area contributed by atoms with Crippen LogP contribution in [0, 0.1) is 12.8 Å². The second-order valence-electron chi connectivity index (χ2n) is 10.1. The van der Waals surface area contributed by atoms with Crippen LogP contribution in [-0.4, -0.2) is 18.6 Å². The molecule has 0 aromatic heterocycles. The van der Waals surface area contributed by atoms with Crippen molar-refractivity contribution in [3.63, 3.8) is 0 Å². The molecule has 1 aliphatic carbocycles. The first-order chi connectivity index (χ1) is 18.0. The van der Waals surface area contributed by atoms with Gasteiger partial charge in [0.25, 0.3) is 0 Å². The maximum atomic E-state index is 13.6. The van der Waals surface area contributed by atoms with Gasteiger partial charge in [0.15, 0.2) is 11.5 Å². The van der Waals surface area contributed by atoms with E-state index in [1.165, 1.54) is 12.0 Å². The summed E-state index contributed by atoms with van der Waals surface area (Å²) in [6.07, 6.45) is 5.66. The molecule has 3 aromatic carbocycles. The minimum atomic E-state index is -0.0553. The molecular formula is C31H34N2O4. The van der Waals surface area contributed by atoms with Crippen molar-refractivity contribution >= 4 is 17.5 Å². The van der Waals surface area contributed by atoms with Gasteiger partial charge in [0, 0.05) is 18.2 Å². The first-order valence-electron chi connectivity index (χ1n) is 13.2. The fourth-order valence-electron chi connectivity index (χ4n) is 5.15. The molecule has 0 unspecified atom stereocenters. The number of hydrogen-bond acceptors (Lipinski definition) is 4. The highest BCUT2D eigenvalue weighted by Crippen LogP contribution is 2.32. The third-order valence-electron chi connectivity index (χ3n) is 7.18. The summed E-state index contributed by atoms with van der Waals surface area (Å²) >= 11 is 0. The SMILES string of the molecule is Cc1cccc(CN(C(=O)C2CCCCC2)c2ccc(CC(=O)NCc3ccc4c(c3)OCO4)cc2)c1. The van der Waals surface area contributed by atoms with Crippen LogP contribution in [0.25, 0.3) is 0 Å². The zero-order valence-corrected chi connectivity index (χ0v) is 21.4. The quantitative estimate of drug-likeness (QED) is 0.433. The number of ether oxygens (including phenoxy) is 2. The third kappa shape index (κ3) is 6.31. The maximum absolute atomic E-state index is 13.6. The number of carbonyl (C=O) groups is 2. The van der Waals surface area contributed by atoms with Crippen LogP contribution in [0.4, 0.5) is 5.69 Å². The van der Waals surface area contributed by atoms with Gasteiger partial charge in [-0.05, 0) is 60.7 Å². The van der Waals surface area contributed by atoms with Gasteiger partial charge in [-0.25, -0.2) is 0 Å². The predicted molar refractivity (Wildman–Crippen MR) is 144 cm³/mol. The second kappa shape index (κ2) is 11.5. The van der Waals surface area contributed by atoms with Crippen molar-refractivity contribution in [1.29, 1.82) is 0 Å². The Morgan fingerprint density at radius 2 is 1.62 bits per heavy atom. The molecule has 6 heteroatoms. The van der Waals surface area contributed by atoms with Gasteiger partial charge in [0.1, 0.15) is 0 Å². The number of carbonyl (C=O) groups excluding carboxylic acids is 2. The van der Waals surface area contributed by atoms with E-state index in [0.29, 0.717) is 18.8 Å². The highest BCUT2D eigenvalue weighted by Gasteiger charge is 2.27. The Labute approximate surface area is 218 Å². The smallest absolute Gasteiger partial charge is 0.231 e. The highest BCUT2D eigenvalue weighted by molar-refractivity contribution is 5.95. The monoisotopic (exact) mass is 498 g/mol. The molecule has 6 nitrogen and oxygen atoms in total. The average Bonchev–Trinajstić information content (AvgIpc) is 3.39. The molecule has 0 saturated heterocycles. The summed E-state index contributed by atoms with van der Waals surface area (Å²) in [7, 11) is 0. The highest BCUT2D eigenvalue weighted by atomic mass is 16.7. The standard InChI is InChI=1S/C31H34N2O4/c1-22-6-5-7-25(16-22)20-33(31(35)26-8-3-2-4-9-26)27-13-10-23(11-14-27)18-30(34)32-19-24-12-15-28-29(17-24)37-21-36-28/h5-7,10-17,26H,2-4,8-9,18-21H2,1H3,(H,32,34).